The molecule has 1 saturated heterocycles. The van der Waals surface area contributed by atoms with Gasteiger partial charge < -0.3 is 14.2 Å². The molecule has 13 heteroatoms. The molecule has 1 heterocycles. The fourth-order valence-corrected chi connectivity index (χ4v) is 9.57. The molecule has 46 heavy (non-hydrogen) atoms. The maximum atomic E-state index is 12.4. The van der Waals surface area contributed by atoms with E-state index in [-0.39, 0.29) is 17.1 Å². The van der Waals surface area contributed by atoms with Gasteiger partial charge in [0.2, 0.25) is 0 Å². The Balaban J connectivity index is 1.69. The topological polar surface area (TPSA) is 114 Å². The van der Waals surface area contributed by atoms with Gasteiger partial charge in [-0.05, 0) is 46.7 Å². The van der Waals surface area contributed by atoms with Gasteiger partial charge in [-0.15, -0.1) is 23.5 Å². The molecule has 252 valence electrons. The number of ether oxygens (including phenoxy) is 3. The number of methoxy groups -OCH3 is 1. The molecule has 1 aliphatic heterocycles. The Morgan fingerprint density at radius 1 is 0.739 bits per heavy atom. The summed E-state index contributed by atoms with van der Waals surface area (Å²) in [6, 6.07) is 27.3. The van der Waals surface area contributed by atoms with Crippen LogP contribution >= 0.6 is 23.5 Å². The molecule has 0 spiro atoms. The molecule has 0 unspecified atom stereocenters. The molecule has 3 atom stereocenters. The normalized spacial score (nSPS) is 17.2. The summed E-state index contributed by atoms with van der Waals surface area (Å²) in [5, 5.41) is 0. The van der Waals surface area contributed by atoms with E-state index < -0.39 is 45.2 Å². The first-order valence-corrected chi connectivity index (χ1v) is 20.5. The summed E-state index contributed by atoms with van der Waals surface area (Å²) in [6.07, 6.45) is 1.11. The Bertz CT molecular complexity index is 1550. The summed E-state index contributed by atoms with van der Waals surface area (Å²) in [7, 11) is -6.28. The summed E-state index contributed by atoms with van der Waals surface area (Å²) in [5.74, 6) is 2.71. The van der Waals surface area contributed by atoms with E-state index >= 15 is 0 Å². The summed E-state index contributed by atoms with van der Waals surface area (Å²) in [4.78, 5) is 0. The van der Waals surface area contributed by atoms with Crippen LogP contribution in [0.15, 0.2) is 84.9 Å². The third-order valence-electron chi connectivity index (χ3n) is 7.28. The van der Waals surface area contributed by atoms with Crippen LogP contribution in [0.2, 0.25) is 0 Å². The molecular weight excluding hydrogens is 669 g/mol. The van der Waals surface area contributed by atoms with E-state index in [1.54, 1.807) is 7.11 Å². The van der Waals surface area contributed by atoms with E-state index in [0.29, 0.717) is 13.0 Å². The Labute approximate surface area is 281 Å². The van der Waals surface area contributed by atoms with Gasteiger partial charge >= 0.3 is 0 Å². The maximum absolute atomic E-state index is 12.4. The molecule has 9 nitrogen and oxygen atoms in total. The lowest BCUT2D eigenvalue weighted by atomic mass is 9.99. The van der Waals surface area contributed by atoms with Crippen molar-refractivity contribution in [2.24, 2.45) is 0 Å². The highest BCUT2D eigenvalue weighted by atomic mass is 32.2. The van der Waals surface area contributed by atoms with E-state index in [1.807, 2.05) is 96.3 Å². The van der Waals surface area contributed by atoms with Gasteiger partial charge in [0, 0.05) is 12.8 Å². The van der Waals surface area contributed by atoms with Crippen molar-refractivity contribution in [1.82, 2.24) is 0 Å². The number of hydrogen-bond acceptors (Lipinski definition) is 11. The second kappa shape index (κ2) is 17.3. The van der Waals surface area contributed by atoms with Gasteiger partial charge in [-0.25, -0.2) is 0 Å². The Morgan fingerprint density at radius 3 is 1.83 bits per heavy atom. The van der Waals surface area contributed by atoms with Crippen molar-refractivity contribution in [3.63, 3.8) is 0 Å². The smallest absolute Gasteiger partial charge is 0.264 e. The molecule has 1 fully saturated rings. The zero-order chi connectivity index (χ0) is 33.0. The lowest BCUT2D eigenvalue weighted by molar-refractivity contribution is -0.0823. The molecule has 0 saturated carbocycles. The standard InChI is InChI=1S/C33H42O9S4/c1-38-29-17-15-28(16-18-29)33(43-19-10-20-44-33)22-30(39-23-26-11-6-4-7-12-26)21-31(40-24-27-13-8-5-9-14-27)32(42-46(3,36)37)25-41-45(2,34)35/h4-9,11-18,30-32H,10,19-25H2,1-3H3/t30-,31-,32+/m0/s1. The fraction of sp³-hybridized carbons (Fsp3) is 0.455. The van der Waals surface area contributed by atoms with Gasteiger partial charge in [-0.3, -0.25) is 8.37 Å². The van der Waals surface area contributed by atoms with Crippen LogP contribution in [0.25, 0.3) is 0 Å². The largest absolute Gasteiger partial charge is 0.497 e. The molecule has 1 aliphatic rings. The minimum absolute atomic E-state index is 0.145. The molecule has 0 aliphatic carbocycles. The lowest BCUT2D eigenvalue weighted by Crippen LogP contribution is -2.41. The van der Waals surface area contributed by atoms with Gasteiger partial charge in [0.15, 0.2) is 0 Å². The first kappa shape index (κ1) is 36.7. The Kier molecular flexibility index (Phi) is 13.8. The molecule has 0 aromatic heterocycles. The van der Waals surface area contributed by atoms with Crippen molar-refractivity contribution in [1.29, 1.82) is 0 Å². The first-order valence-electron chi connectivity index (χ1n) is 14.9. The Morgan fingerprint density at radius 2 is 1.30 bits per heavy atom. The highest BCUT2D eigenvalue weighted by Crippen LogP contribution is 2.54. The van der Waals surface area contributed by atoms with Crippen molar-refractivity contribution >= 4 is 43.8 Å². The van der Waals surface area contributed by atoms with Gasteiger partial charge in [0.05, 0.1) is 55.7 Å². The molecule has 3 aromatic rings. The summed E-state index contributed by atoms with van der Waals surface area (Å²) >= 11 is 3.73. The lowest BCUT2D eigenvalue weighted by Gasteiger charge is -2.40. The van der Waals surface area contributed by atoms with E-state index in [9.17, 15) is 16.8 Å². The van der Waals surface area contributed by atoms with Crippen LogP contribution in [0.1, 0.15) is 36.0 Å². The van der Waals surface area contributed by atoms with Crippen LogP contribution in [0.5, 0.6) is 5.75 Å². The minimum Gasteiger partial charge on any atom is -0.497 e. The highest BCUT2D eigenvalue weighted by Gasteiger charge is 2.40. The van der Waals surface area contributed by atoms with Crippen molar-refractivity contribution < 1.29 is 39.4 Å². The van der Waals surface area contributed by atoms with Crippen LogP contribution in [0.4, 0.5) is 0 Å². The summed E-state index contributed by atoms with van der Waals surface area (Å²) in [6.45, 7) is -0.0706. The molecule has 0 radical (unpaired) electrons. The van der Waals surface area contributed by atoms with Gasteiger partial charge in [-0.1, -0.05) is 72.8 Å². The minimum atomic E-state index is -4.01. The zero-order valence-corrected chi connectivity index (χ0v) is 29.5. The summed E-state index contributed by atoms with van der Waals surface area (Å²) < 4.78 is 77.4. The average molecular weight is 711 g/mol. The maximum Gasteiger partial charge on any atom is 0.264 e. The van der Waals surface area contributed by atoms with Gasteiger partial charge in [0.1, 0.15) is 11.9 Å². The van der Waals surface area contributed by atoms with Crippen molar-refractivity contribution in [3.8, 4) is 5.75 Å². The van der Waals surface area contributed by atoms with Crippen LogP contribution in [-0.2, 0) is 55.4 Å². The molecule has 0 amide bonds. The molecule has 0 bridgehead atoms. The van der Waals surface area contributed by atoms with Crippen LogP contribution < -0.4 is 4.74 Å². The monoisotopic (exact) mass is 710 g/mol. The van der Waals surface area contributed by atoms with E-state index in [4.69, 9.17) is 22.6 Å². The van der Waals surface area contributed by atoms with Crippen molar-refractivity contribution in [2.45, 2.75) is 54.9 Å². The average Bonchev–Trinajstić information content (AvgIpc) is 3.04. The molecule has 4 rings (SSSR count). The van der Waals surface area contributed by atoms with Crippen molar-refractivity contribution in [2.75, 3.05) is 37.7 Å². The number of rotatable bonds is 18. The second-order valence-corrected chi connectivity index (χ2v) is 17.3. The van der Waals surface area contributed by atoms with Gasteiger partial charge in [-0.2, -0.15) is 16.8 Å². The van der Waals surface area contributed by atoms with Gasteiger partial charge in [0.25, 0.3) is 20.2 Å². The van der Waals surface area contributed by atoms with E-state index in [0.717, 1.165) is 52.9 Å². The molecule has 3 aromatic carbocycles. The predicted molar refractivity (Wildman–Crippen MR) is 184 cm³/mol. The third-order valence-corrected chi connectivity index (χ3v) is 11.9. The molecule has 0 N–H and O–H groups in total. The SMILES string of the molecule is COc1ccc(C2(C[C@H](C[C@H](OCc3ccccc3)[C@@H](COS(C)(=O)=O)OS(C)(=O)=O)OCc3ccccc3)SCCCS2)cc1. The van der Waals surface area contributed by atoms with E-state index in [1.165, 1.54) is 0 Å². The zero-order valence-electron chi connectivity index (χ0n) is 26.3. The summed E-state index contributed by atoms with van der Waals surface area (Å²) in [5.41, 5.74) is 2.98. The number of hydrogen-bond donors (Lipinski definition) is 0. The number of thioether (sulfide) groups is 2. The first-order chi connectivity index (χ1) is 21.9. The van der Waals surface area contributed by atoms with Crippen LogP contribution in [0, 0.1) is 0 Å². The molecular formula is C33H42O9S4. The predicted octanol–water partition coefficient (Wildman–Crippen LogP) is 5.99. The number of benzene rings is 3. The third kappa shape index (κ3) is 12.2. The fourth-order valence-electron chi connectivity index (χ4n) is 5.10. The quantitative estimate of drug-likeness (QED) is 0.145. The van der Waals surface area contributed by atoms with Crippen molar-refractivity contribution in [3.05, 3.63) is 102 Å². The van der Waals surface area contributed by atoms with Crippen LogP contribution in [0.3, 0.4) is 0 Å². The Hall–Kier alpha value is -2.10. The highest BCUT2D eigenvalue weighted by molar-refractivity contribution is 8.18. The second-order valence-electron chi connectivity index (χ2n) is 11.1. The van der Waals surface area contributed by atoms with Crippen LogP contribution in [-0.4, -0.2) is 72.9 Å². The van der Waals surface area contributed by atoms with E-state index in [2.05, 4.69) is 12.1 Å².